The van der Waals surface area contributed by atoms with Crippen molar-refractivity contribution < 1.29 is 0 Å². The number of aromatic nitrogens is 4. The van der Waals surface area contributed by atoms with Crippen molar-refractivity contribution in [1.29, 1.82) is 0 Å². The molecule has 3 rings (SSSR count). The van der Waals surface area contributed by atoms with Crippen molar-refractivity contribution in [2.75, 3.05) is 11.9 Å². The van der Waals surface area contributed by atoms with Gasteiger partial charge in [0, 0.05) is 37.0 Å². The molecule has 1 N–H and O–H groups in total. The van der Waals surface area contributed by atoms with Crippen LogP contribution in [-0.4, -0.2) is 26.3 Å². The predicted molar refractivity (Wildman–Crippen MR) is 84.5 cm³/mol. The summed E-state index contributed by atoms with van der Waals surface area (Å²) in [6, 6.07) is 2.11. The maximum absolute atomic E-state index is 4.80. The number of nitrogens with one attached hydrogen (secondary N) is 1. The Kier molecular flexibility index (Phi) is 3.66. The zero-order valence-electron chi connectivity index (χ0n) is 13.3. The Balaban J connectivity index is 2.05. The largest absolute Gasteiger partial charge is 0.370 e. The number of aryl methyl sites for hydroxylation is 2. The van der Waals surface area contributed by atoms with Crippen molar-refractivity contribution >= 4 is 5.82 Å². The van der Waals surface area contributed by atoms with Gasteiger partial charge < -0.3 is 5.32 Å². The number of anilines is 1. The molecule has 0 bridgehead atoms. The molecule has 2 aromatic heterocycles. The highest BCUT2D eigenvalue weighted by atomic mass is 15.3. The molecule has 0 radical (unpaired) electrons. The lowest BCUT2D eigenvalue weighted by atomic mass is 10.1. The molecule has 2 aromatic rings. The van der Waals surface area contributed by atoms with Crippen molar-refractivity contribution in [3.05, 3.63) is 23.1 Å². The highest BCUT2D eigenvalue weighted by Crippen LogP contribution is 2.40. The van der Waals surface area contributed by atoms with Crippen LogP contribution >= 0.6 is 0 Å². The molecule has 0 amide bonds. The second-order valence-electron chi connectivity index (χ2n) is 5.87. The fourth-order valence-electron chi connectivity index (χ4n) is 2.61. The second kappa shape index (κ2) is 5.47. The van der Waals surface area contributed by atoms with Gasteiger partial charge in [0.1, 0.15) is 5.82 Å². The molecule has 5 heteroatoms. The molecule has 0 unspecified atom stereocenters. The second-order valence-corrected chi connectivity index (χ2v) is 5.87. The molecule has 1 fully saturated rings. The Morgan fingerprint density at radius 2 is 2.05 bits per heavy atom. The Hall–Kier alpha value is -1.91. The Morgan fingerprint density at radius 1 is 1.29 bits per heavy atom. The minimum atomic E-state index is 0.617. The summed E-state index contributed by atoms with van der Waals surface area (Å²) < 4.78 is 1.90. The van der Waals surface area contributed by atoms with E-state index in [1.807, 2.05) is 18.7 Å². The van der Waals surface area contributed by atoms with Crippen LogP contribution in [0.4, 0.5) is 5.82 Å². The van der Waals surface area contributed by atoms with Gasteiger partial charge in [-0.25, -0.2) is 9.97 Å². The van der Waals surface area contributed by atoms with Crippen molar-refractivity contribution in [2.45, 2.75) is 46.0 Å². The van der Waals surface area contributed by atoms with Gasteiger partial charge in [-0.2, -0.15) is 5.10 Å². The standard InChI is InChI=1S/C16H23N5/c1-5-8-17-14-9-13(12-6-7-12)18-16(19-14)15-10(2)20-21(4)11(15)3/h9,12H,5-8H2,1-4H3,(H,17,18,19). The minimum Gasteiger partial charge on any atom is -0.370 e. The molecule has 1 aliphatic rings. The van der Waals surface area contributed by atoms with Crippen molar-refractivity contribution in [3.8, 4) is 11.4 Å². The van der Waals surface area contributed by atoms with Crippen molar-refractivity contribution in [1.82, 2.24) is 19.7 Å². The first-order valence-electron chi connectivity index (χ1n) is 7.73. The Labute approximate surface area is 125 Å². The lowest BCUT2D eigenvalue weighted by Crippen LogP contribution is -2.06. The van der Waals surface area contributed by atoms with Crippen LogP contribution in [0.3, 0.4) is 0 Å². The van der Waals surface area contributed by atoms with E-state index < -0.39 is 0 Å². The van der Waals surface area contributed by atoms with Gasteiger partial charge in [0.15, 0.2) is 5.82 Å². The molecule has 0 saturated heterocycles. The van der Waals surface area contributed by atoms with E-state index in [-0.39, 0.29) is 0 Å². The lowest BCUT2D eigenvalue weighted by Gasteiger charge is -2.09. The van der Waals surface area contributed by atoms with E-state index >= 15 is 0 Å². The van der Waals surface area contributed by atoms with E-state index in [4.69, 9.17) is 9.97 Å². The molecule has 1 aliphatic carbocycles. The van der Waals surface area contributed by atoms with Gasteiger partial charge in [0.05, 0.1) is 11.3 Å². The third kappa shape index (κ3) is 2.77. The number of hydrogen-bond acceptors (Lipinski definition) is 4. The quantitative estimate of drug-likeness (QED) is 0.916. The van der Waals surface area contributed by atoms with Gasteiger partial charge in [0.25, 0.3) is 0 Å². The molecule has 0 aromatic carbocycles. The third-order valence-corrected chi connectivity index (χ3v) is 4.03. The van der Waals surface area contributed by atoms with Crippen LogP contribution in [0.5, 0.6) is 0 Å². The van der Waals surface area contributed by atoms with Crippen molar-refractivity contribution in [3.63, 3.8) is 0 Å². The van der Waals surface area contributed by atoms with Crippen molar-refractivity contribution in [2.24, 2.45) is 7.05 Å². The zero-order chi connectivity index (χ0) is 15.0. The van der Waals surface area contributed by atoms with Crippen LogP contribution in [0.15, 0.2) is 6.07 Å². The molecular weight excluding hydrogens is 262 g/mol. The van der Waals surface area contributed by atoms with Crippen LogP contribution in [0, 0.1) is 13.8 Å². The van der Waals surface area contributed by atoms with Gasteiger partial charge in [-0.3, -0.25) is 4.68 Å². The number of hydrogen-bond donors (Lipinski definition) is 1. The van der Waals surface area contributed by atoms with E-state index in [1.54, 1.807) is 0 Å². The molecule has 0 spiro atoms. The third-order valence-electron chi connectivity index (χ3n) is 4.03. The van der Waals surface area contributed by atoms with Gasteiger partial charge in [-0.05, 0) is 33.1 Å². The predicted octanol–water partition coefficient (Wildman–Crippen LogP) is 3.19. The Bertz CT molecular complexity index is 655. The maximum Gasteiger partial charge on any atom is 0.165 e. The van der Waals surface area contributed by atoms with Crippen LogP contribution in [-0.2, 0) is 7.05 Å². The highest BCUT2D eigenvalue weighted by molar-refractivity contribution is 5.63. The number of nitrogens with zero attached hydrogens (tertiary/aromatic N) is 4. The normalized spacial score (nSPS) is 14.5. The van der Waals surface area contributed by atoms with E-state index in [0.717, 1.165) is 41.6 Å². The van der Waals surface area contributed by atoms with E-state index in [0.29, 0.717) is 5.92 Å². The summed E-state index contributed by atoms with van der Waals surface area (Å²) in [5.41, 5.74) is 4.34. The van der Waals surface area contributed by atoms with Gasteiger partial charge in [-0.1, -0.05) is 6.92 Å². The maximum atomic E-state index is 4.80. The summed E-state index contributed by atoms with van der Waals surface area (Å²) in [7, 11) is 1.97. The summed E-state index contributed by atoms with van der Waals surface area (Å²) in [4.78, 5) is 9.52. The van der Waals surface area contributed by atoms with Gasteiger partial charge >= 0.3 is 0 Å². The molecule has 5 nitrogen and oxygen atoms in total. The zero-order valence-corrected chi connectivity index (χ0v) is 13.3. The Morgan fingerprint density at radius 3 is 2.62 bits per heavy atom. The first-order valence-corrected chi connectivity index (χ1v) is 7.73. The van der Waals surface area contributed by atoms with Crippen LogP contribution < -0.4 is 5.32 Å². The average Bonchev–Trinajstić information content (AvgIpc) is 3.26. The summed E-state index contributed by atoms with van der Waals surface area (Å²) >= 11 is 0. The van der Waals surface area contributed by atoms with Crippen LogP contribution in [0.2, 0.25) is 0 Å². The fraction of sp³-hybridized carbons (Fsp3) is 0.562. The number of rotatable bonds is 5. The molecule has 0 aliphatic heterocycles. The first kappa shape index (κ1) is 14.0. The first-order chi connectivity index (χ1) is 10.1. The molecular formula is C16H23N5. The average molecular weight is 285 g/mol. The topological polar surface area (TPSA) is 55.6 Å². The van der Waals surface area contributed by atoms with Gasteiger partial charge in [-0.15, -0.1) is 0 Å². The summed E-state index contributed by atoms with van der Waals surface area (Å²) in [6.45, 7) is 7.19. The molecule has 112 valence electrons. The molecule has 1 saturated carbocycles. The van der Waals surface area contributed by atoms with E-state index in [2.05, 4.69) is 30.3 Å². The SMILES string of the molecule is CCCNc1cc(C2CC2)nc(-c2c(C)nn(C)c2C)n1. The smallest absolute Gasteiger partial charge is 0.165 e. The van der Waals surface area contributed by atoms with Crippen LogP contribution in [0.25, 0.3) is 11.4 Å². The van der Waals surface area contributed by atoms with E-state index in [1.165, 1.54) is 18.5 Å². The van der Waals surface area contributed by atoms with E-state index in [9.17, 15) is 0 Å². The molecule has 2 heterocycles. The van der Waals surface area contributed by atoms with Gasteiger partial charge in [0.2, 0.25) is 0 Å². The molecule has 0 atom stereocenters. The summed E-state index contributed by atoms with van der Waals surface area (Å²) in [5, 5.41) is 7.88. The summed E-state index contributed by atoms with van der Waals surface area (Å²) in [5.74, 6) is 2.36. The minimum absolute atomic E-state index is 0.617. The molecule has 21 heavy (non-hydrogen) atoms. The fourth-order valence-corrected chi connectivity index (χ4v) is 2.61. The lowest BCUT2D eigenvalue weighted by molar-refractivity contribution is 0.731. The summed E-state index contributed by atoms with van der Waals surface area (Å²) in [6.07, 6.45) is 3.58. The van der Waals surface area contributed by atoms with Crippen LogP contribution in [0.1, 0.15) is 49.2 Å². The highest BCUT2D eigenvalue weighted by Gasteiger charge is 2.27. The monoisotopic (exact) mass is 285 g/mol.